The van der Waals surface area contributed by atoms with Gasteiger partial charge in [-0.2, -0.15) is 10.1 Å². The topological polar surface area (TPSA) is 64.9 Å². The molecule has 0 radical (unpaired) electrons. The van der Waals surface area contributed by atoms with Crippen molar-refractivity contribution in [3.8, 4) is 5.88 Å². The highest BCUT2D eigenvalue weighted by Crippen LogP contribution is 2.13. The third-order valence-corrected chi connectivity index (χ3v) is 2.90. The molecule has 6 nitrogen and oxygen atoms in total. The highest BCUT2D eigenvalue weighted by atomic mass is 16.5. The molecule has 0 saturated carbocycles. The van der Waals surface area contributed by atoms with Gasteiger partial charge in [-0.05, 0) is 20.8 Å². The lowest BCUT2D eigenvalue weighted by Crippen LogP contribution is -2.07. The van der Waals surface area contributed by atoms with Crippen LogP contribution in [0.3, 0.4) is 0 Å². The number of aryl methyl sites for hydroxylation is 2. The fourth-order valence-corrected chi connectivity index (χ4v) is 1.73. The van der Waals surface area contributed by atoms with Crippen molar-refractivity contribution in [3.05, 3.63) is 29.2 Å². The highest BCUT2D eigenvalue weighted by Gasteiger charge is 2.06. The first-order valence-electron chi connectivity index (χ1n) is 6.30. The summed E-state index contributed by atoms with van der Waals surface area (Å²) in [6.45, 7) is 7.13. The van der Waals surface area contributed by atoms with Gasteiger partial charge in [-0.15, -0.1) is 0 Å². The molecule has 0 aliphatic carbocycles. The lowest BCUT2D eigenvalue weighted by molar-refractivity contribution is 0.326. The Balaban J connectivity index is 2.08. The Bertz CT molecular complexity index is 564. The van der Waals surface area contributed by atoms with Crippen molar-refractivity contribution >= 4 is 5.95 Å². The Hall–Kier alpha value is -2.11. The second-order valence-electron chi connectivity index (χ2n) is 4.34. The Morgan fingerprint density at radius 1 is 1.32 bits per heavy atom. The first-order valence-corrected chi connectivity index (χ1v) is 6.30. The van der Waals surface area contributed by atoms with E-state index in [4.69, 9.17) is 4.74 Å². The maximum Gasteiger partial charge on any atom is 0.226 e. The molecule has 0 atom stereocenters. The number of ether oxygens (including phenoxy) is 1. The molecule has 0 spiro atoms. The Labute approximate surface area is 112 Å². The molecule has 0 bridgehead atoms. The van der Waals surface area contributed by atoms with E-state index >= 15 is 0 Å². The third-order valence-electron chi connectivity index (χ3n) is 2.90. The normalized spacial score (nSPS) is 10.5. The first-order chi connectivity index (χ1) is 9.10. The number of aromatic nitrogens is 4. The Morgan fingerprint density at radius 3 is 2.74 bits per heavy atom. The van der Waals surface area contributed by atoms with E-state index in [0.717, 1.165) is 17.0 Å². The van der Waals surface area contributed by atoms with Gasteiger partial charge in [0.25, 0.3) is 0 Å². The van der Waals surface area contributed by atoms with Crippen molar-refractivity contribution in [2.45, 2.75) is 27.3 Å². The van der Waals surface area contributed by atoms with E-state index in [2.05, 4.69) is 20.4 Å². The number of rotatable bonds is 5. The van der Waals surface area contributed by atoms with Crippen molar-refractivity contribution in [1.29, 1.82) is 0 Å². The molecule has 2 heterocycles. The second kappa shape index (κ2) is 5.69. The summed E-state index contributed by atoms with van der Waals surface area (Å²) in [6.07, 6.45) is 1.85. The minimum absolute atomic E-state index is 0.576. The van der Waals surface area contributed by atoms with E-state index in [-0.39, 0.29) is 0 Å². The van der Waals surface area contributed by atoms with Gasteiger partial charge < -0.3 is 10.1 Å². The molecule has 2 aromatic heterocycles. The van der Waals surface area contributed by atoms with Gasteiger partial charge in [0.05, 0.1) is 12.8 Å². The molecule has 1 N–H and O–H groups in total. The zero-order chi connectivity index (χ0) is 13.8. The van der Waals surface area contributed by atoms with Crippen LogP contribution >= 0.6 is 0 Å². The summed E-state index contributed by atoms with van der Waals surface area (Å²) in [6, 6.07) is 1.82. The molecule has 0 fully saturated rings. The van der Waals surface area contributed by atoms with E-state index in [0.29, 0.717) is 25.0 Å². The molecule has 0 aliphatic rings. The molecule has 19 heavy (non-hydrogen) atoms. The smallest absolute Gasteiger partial charge is 0.226 e. The molecule has 0 aromatic carbocycles. The maximum absolute atomic E-state index is 5.40. The summed E-state index contributed by atoms with van der Waals surface area (Å²) in [7, 11) is 1.93. The minimum Gasteiger partial charge on any atom is -0.478 e. The van der Waals surface area contributed by atoms with Crippen LogP contribution < -0.4 is 10.1 Å². The SMILES string of the molecule is CCOc1cc(C)nc(NCc2cnn(C)c2C)n1. The van der Waals surface area contributed by atoms with Gasteiger partial charge >= 0.3 is 0 Å². The summed E-state index contributed by atoms with van der Waals surface area (Å²) >= 11 is 0. The summed E-state index contributed by atoms with van der Waals surface area (Å²) < 4.78 is 7.25. The lowest BCUT2D eigenvalue weighted by atomic mass is 10.2. The lowest BCUT2D eigenvalue weighted by Gasteiger charge is -2.08. The molecule has 0 amide bonds. The molecule has 6 heteroatoms. The summed E-state index contributed by atoms with van der Waals surface area (Å²) in [5.41, 5.74) is 3.14. The number of nitrogens with one attached hydrogen (secondary N) is 1. The van der Waals surface area contributed by atoms with E-state index in [1.807, 2.05) is 44.8 Å². The molecule has 0 saturated heterocycles. The summed E-state index contributed by atoms with van der Waals surface area (Å²) in [5.74, 6) is 1.17. The van der Waals surface area contributed by atoms with Crippen molar-refractivity contribution in [3.63, 3.8) is 0 Å². The van der Waals surface area contributed by atoms with Crippen molar-refractivity contribution in [2.24, 2.45) is 7.05 Å². The average Bonchev–Trinajstić information content (AvgIpc) is 2.67. The monoisotopic (exact) mass is 261 g/mol. The third kappa shape index (κ3) is 3.21. The largest absolute Gasteiger partial charge is 0.478 e. The molecule has 0 aliphatic heterocycles. The van der Waals surface area contributed by atoms with Gasteiger partial charge in [0.1, 0.15) is 0 Å². The van der Waals surface area contributed by atoms with Crippen LogP contribution in [0.4, 0.5) is 5.95 Å². The Morgan fingerprint density at radius 2 is 2.11 bits per heavy atom. The van der Waals surface area contributed by atoms with Crippen LogP contribution in [-0.4, -0.2) is 26.4 Å². The highest BCUT2D eigenvalue weighted by molar-refractivity contribution is 5.32. The molecule has 2 aromatic rings. The van der Waals surface area contributed by atoms with Crippen molar-refractivity contribution in [1.82, 2.24) is 19.7 Å². The van der Waals surface area contributed by atoms with Crippen LogP contribution in [0.15, 0.2) is 12.3 Å². The van der Waals surface area contributed by atoms with E-state index in [1.165, 1.54) is 0 Å². The second-order valence-corrected chi connectivity index (χ2v) is 4.34. The van der Waals surface area contributed by atoms with Gasteiger partial charge in [0.15, 0.2) is 0 Å². The van der Waals surface area contributed by atoms with Gasteiger partial charge in [-0.1, -0.05) is 0 Å². The molecular formula is C13H19N5O. The standard InChI is InChI=1S/C13H19N5O/c1-5-19-12-6-9(2)16-13(17-12)14-7-11-8-15-18(4)10(11)3/h6,8H,5,7H2,1-4H3,(H,14,16,17). The van der Waals surface area contributed by atoms with E-state index < -0.39 is 0 Å². The predicted octanol–water partition coefficient (Wildman–Crippen LogP) is 1.84. The zero-order valence-corrected chi connectivity index (χ0v) is 11.8. The van der Waals surface area contributed by atoms with Crippen molar-refractivity contribution < 1.29 is 4.74 Å². The summed E-state index contributed by atoms with van der Waals surface area (Å²) in [4.78, 5) is 8.64. The maximum atomic E-state index is 5.40. The fraction of sp³-hybridized carbons (Fsp3) is 0.462. The predicted molar refractivity (Wildman–Crippen MR) is 73.2 cm³/mol. The quantitative estimate of drug-likeness (QED) is 0.889. The number of anilines is 1. The Kier molecular flexibility index (Phi) is 3.99. The zero-order valence-electron chi connectivity index (χ0n) is 11.8. The van der Waals surface area contributed by atoms with Gasteiger partial charge in [-0.25, -0.2) is 4.98 Å². The number of hydrogen-bond donors (Lipinski definition) is 1. The number of nitrogens with zero attached hydrogens (tertiary/aromatic N) is 4. The molecule has 0 unspecified atom stereocenters. The molecule has 2 rings (SSSR count). The van der Waals surface area contributed by atoms with Crippen LogP contribution in [0.1, 0.15) is 23.9 Å². The minimum atomic E-state index is 0.576. The summed E-state index contributed by atoms with van der Waals surface area (Å²) in [5, 5.41) is 7.40. The van der Waals surface area contributed by atoms with Gasteiger partial charge in [0.2, 0.25) is 11.8 Å². The van der Waals surface area contributed by atoms with Crippen LogP contribution in [0.5, 0.6) is 5.88 Å². The molecular weight excluding hydrogens is 242 g/mol. The first kappa shape index (κ1) is 13.3. The van der Waals surface area contributed by atoms with Crippen LogP contribution in [0.2, 0.25) is 0 Å². The van der Waals surface area contributed by atoms with Crippen LogP contribution in [0, 0.1) is 13.8 Å². The van der Waals surface area contributed by atoms with E-state index in [9.17, 15) is 0 Å². The average molecular weight is 261 g/mol. The molecule has 102 valence electrons. The number of hydrogen-bond acceptors (Lipinski definition) is 5. The van der Waals surface area contributed by atoms with E-state index in [1.54, 1.807) is 0 Å². The van der Waals surface area contributed by atoms with Gasteiger partial charge in [0, 0.05) is 36.6 Å². The van der Waals surface area contributed by atoms with Crippen LogP contribution in [0.25, 0.3) is 0 Å². The van der Waals surface area contributed by atoms with Crippen LogP contribution in [-0.2, 0) is 13.6 Å². The fourth-order valence-electron chi connectivity index (χ4n) is 1.73. The van der Waals surface area contributed by atoms with Gasteiger partial charge in [-0.3, -0.25) is 4.68 Å². The van der Waals surface area contributed by atoms with Crippen molar-refractivity contribution in [2.75, 3.05) is 11.9 Å².